The Bertz CT molecular complexity index is 329. The molecular weight excluding hydrogens is 162 g/mol. The van der Waals surface area contributed by atoms with E-state index in [1.807, 2.05) is 18.2 Å². The highest BCUT2D eigenvalue weighted by Crippen LogP contribution is 2.15. The molecule has 2 nitrogen and oxygen atoms in total. The highest BCUT2D eigenvalue weighted by atomic mass is 16.1. The molecule has 0 aliphatic carbocycles. The summed E-state index contributed by atoms with van der Waals surface area (Å²) in [5.41, 5.74) is 8.55. The van der Waals surface area contributed by atoms with Gasteiger partial charge in [-0.25, -0.2) is 0 Å². The molecule has 0 aliphatic rings. The van der Waals surface area contributed by atoms with E-state index in [9.17, 15) is 4.79 Å². The van der Waals surface area contributed by atoms with Crippen molar-refractivity contribution in [1.29, 1.82) is 0 Å². The largest absolute Gasteiger partial charge is 0.398 e. The third-order valence-electron chi connectivity index (χ3n) is 1.91. The average Bonchev–Trinajstić information content (AvgIpc) is 2.17. The fraction of sp³-hybridized carbons (Fsp3) is 0.182. The lowest BCUT2D eigenvalue weighted by Gasteiger charge is -2.02. The van der Waals surface area contributed by atoms with Crippen LogP contribution in [0.3, 0.4) is 0 Å². The van der Waals surface area contributed by atoms with Gasteiger partial charge in [0, 0.05) is 5.69 Å². The van der Waals surface area contributed by atoms with Gasteiger partial charge < -0.3 is 5.73 Å². The van der Waals surface area contributed by atoms with E-state index in [-0.39, 0.29) is 0 Å². The maximum absolute atomic E-state index is 10.1. The molecule has 0 fully saturated rings. The lowest BCUT2D eigenvalue weighted by Crippen LogP contribution is -1.91. The number of allylic oxidation sites excluding steroid dienone is 1. The van der Waals surface area contributed by atoms with Crippen LogP contribution in [0, 0.1) is 0 Å². The van der Waals surface area contributed by atoms with Crippen molar-refractivity contribution in [3.63, 3.8) is 0 Å². The van der Waals surface area contributed by atoms with E-state index in [4.69, 9.17) is 5.73 Å². The fourth-order valence-electron chi connectivity index (χ4n) is 1.13. The molecule has 1 aromatic rings. The summed E-state index contributed by atoms with van der Waals surface area (Å²) in [6, 6.07) is 5.85. The number of nitrogen functional groups attached to an aromatic ring is 1. The maximum atomic E-state index is 10.1. The molecule has 2 N–H and O–H groups in total. The summed E-state index contributed by atoms with van der Waals surface area (Å²) in [7, 11) is 0. The van der Waals surface area contributed by atoms with Crippen LogP contribution >= 0.6 is 0 Å². The number of nitrogens with two attached hydrogens (primary N) is 1. The summed E-state index contributed by atoms with van der Waals surface area (Å²) >= 11 is 0. The van der Waals surface area contributed by atoms with Crippen LogP contribution in [0.2, 0.25) is 0 Å². The summed E-state index contributed by atoms with van der Waals surface area (Å²) in [4.78, 5) is 10.1. The van der Waals surface area contributed by atoms with Gasteiger partial charge in [0.25, 0.3) is 0 Å². The normalized spacial score (nSPS) is 10.5. The molecule has 0 heterocycles. The number of hydrogen-bond donors (Lipinski definition) is 1. The predicted molar refractivity (Wildman–Crippen MR) is 55.3 cm³/mol. The molecule has 0 saturated carbocycles. The summed E-state index contributed by atoms with van der Waals surface area (Å²) in [6.45, 7) is 2.08. The van der Waals surface area contributed by atoms with Crippen molar-refractivity contribution in [1.82, 2.24) is 0 Å². The lowest BCUT2D eigenvalue weighted by atomic mass is 10.1. The summed E-state index contributed by atoms with van der Waals surface area (Å²) < 4.78 is 0. The van der Waals surface area contributed by atoms with Gasteiger partial charge in [0.2, 0.25) is 0 Å². The first-order valence-corrected chi connectivity index (χ1v) is 4.28. The molecule has 0 atom stereocenters. The minimum absolute atomic E-state index is 0.704. The van der Waals surface area contributed by atoms with Crippen molar-refractivity contribution in [3.05, 3.63) is 35.4 Å². The van der Waals surface area contributed by atoms with Gasteiger partial charge in [-0.3, -0.25) is 4.79 Å². The van der Waals surface area contributed by atoms with Crippen LogP contribution in [-0.4, -0.2) is 6.29 Å². The number of aryl methyl sites for hydroxylation is 1. The Kier molecular flexibility index (Phi) is 3.26. The first-order chi connectivity index (χ1) is 6.27. The van der Waals surface area contributed by atoms with Crippen molar-refractivity contribution >= 4 is 18.0 Å². The van der Waals surface area contributed by atoms with Crippen molar-refractivity contribution in [3.8, 4) is 0 Å². The van der Waals surface area contributed by atoms with Crippen LogP contribution in [0.1, 0.15) is 18.1 Å². The molecule has 0 amide bonds. The Morgan fingerprint density at radius 2 is 2.23 bits per heavy atom. The smallest absolute Gasteiger partial charge is 0.142 e. The molecule has 1 rings (SSSR count). The van der Waals surface area contributed by atoms with E-state index >= 15 is 0 Å². The predicted octanol–water partition coefficient (Wildman–Crippen LogP) is 2.04. The first-order valence-electron chi connectivity index (χ1n) is 4.28. The molecule has 0 radical (unpaired) electrons. The van der Waals surface area contributed by atoms with E-state index in [1.165, 1.54) is 11.6 Å². The van der Waals surface area contributed by atoms with Gasteiger partial charge in [0.1, 0.15) is 6.29 Å². The zero-order valence-corrected chi connectivity index (χ0v) is 7.66. The van der Waals surface area contributed by atoms with E-state index < -0.39 is 0 Å². The van der Waals surface area contributed by atoms with Crippen molar-refractivity contribution in [2.45, 2.75) is 13.3 Å². The van der Waals surface area contributed by atoms with Crippen molar-refractivity contribution in [2.24, 2.45) is 0 Å². The number of aldehydes is 1. The molecule has 13 heavy (non-hydrogen) atoms. The SMILES string of the molecule is CCc1ccc(N)c(C=CC=O)c1. The summed E-state index contributed by atoms with van der Waals surface area (Å²) in [5.74, 6) is 0. The highest BCUT2D eigenvalue weighted by molar-refractivity contribution is 5.77. The first kappa shape index (κ1) is 9.52. The Morgan fingerprint density at radius 1 is 1.46 bits per heavy atom. The molecule has 1 aromatic carbocycles. The van der Waals surface area contributed by atoms with Crippen LogP contribution in [-0.2, 0) is 11.2 Å². The number of carbonyl (C=O) groups excluding carboxylic acids is 1. The molecule has 0 bridgehead atoms. The molecule has 0 aromatic heterocycles. The number of rotatable bonds is 3. The van der Waals surface area contributed by atoms with Crippen molar-refractivity contribution < 1.29 is 4.79 Å². The van der Waals surface area contributed by atoms with Gasteiger partial charge in [-0.05, 0) is 41.8 Å². The van der Waals surface area contributed by atoms with E-state index in [1.54, 1.807) is 6.08 Å². The van der Waals surface area contributed by atoms with Gasteiger partial charge in [0.05, 0.1) is 0 Å². The molecule has 0 spiro atoms. The van der Waals surface area contributed by atoms with E-state index in [0.29, 0.717) is 5.69 Å². The third-order valence-corrected chi connectivity index (χ3v) is 1.91. The Balaban J connectivity index is 3.03. The van der Waals surface area contributed by atoms with Gasteiger partial charge in [0.15, 0.2) is 0 Å². The highest BCUT2D eigenvalue weighted by Gasteiger charge is 1.95. The second kappa shape index (κ2) is 4.45. The number of carbonyl (C=O) groups is 1. The van der Waals surface area contributed by atoms with Crippen LogP contribution in [0.4, 0.5) is 5.69 Å². The van der Waals surface area contributed by atoms with Crippen LogP contribution in [0.5, 0.6) is 0 Å². The molecule has 0 aliphatic heterocycles. The van der Waals surface area contributed by atoms with Gasteiger partial charge in [-0.15, -0.1) is 0 Å². The minimum atomic E-state index is 0.704. The third kappa shape index (κ3) is 2.44. The number of hydrogen-bond acceptors (Lipinski definition) is 2. The molecule has 0 saturated heterocycles. The monoisotopic (exact) mass is 175 g/mol. The molecule has 0 unspecified atom stereocenters. The summed E-state index contributed by atoms with van der Waals surface area (Å²) in [6.07, 6.45) is 4.90. The zero-order chi connectivity index (χ0) is 9.68. The van der Waals surface area contributed by atoms with Crippen LogP contribution < -0.4 is 5.73 Å². The Morgan fingerprint density at radius 3 is 2.85 bits per heavy atom. The van der Waals surface area contributed by atoms with Gasteiger partial charge in [-0.2, -0.15) is 0 Å². The Hall–Kier alpha value is -1.57. The molecule has 2 heteroatoms. The van der Waals surface area contributed by atoms with E-state index in [2.05, 4.69) is 6.92 Å². The van der Waals surface area contributed by atoms with Gasteiger partial charge >= 0.3 is 0 Å². The quantitative estimate of drug-likeness (QED) is 0.434. The van der Waals surface area contributed by atoms with Crippen molar-refractivity contribution in [2.75, 3.05) is 5.73 Å². The minimum Gasteiger partial charge on any atom is -0.398 e. The average molecular weight is 175 g/mol. The fourth-order valence-corrected chi connectivity index (χ4v) is 1.13. The molecule has 68 valence electrons. The summed E-state index contributed by atoms with van der Waals surface area (Å²) in [5, 5.41) is 0. The lowest BCUT2D eigenvalue weighted by molar-refractivity contribution is -0.104. The Labute approximate surface area is 78.1 Å². The van der Waals surface area contributed by atoms with Gasteiger partial charge in [-0.1, -0.05) is 13.0 Å². The number of benzene rings is 1. The second-order valence-electron chi connectivity index (χ2n) is 2.81. The van der Waals surface area contributed by atoms with E-state index in [0.717, 1.165) is 18.3 Å². The van der Waals surface area contributed by atoms with Crippen LogP contribution in [0.15, 0.2) is 24.3 Å². The molecular formula is C11H13NO. The standard InChI is InChI=1S/C11H13NO/c1-2-9-5-6-11(12)10(8-9)4-3-7-13/h3-8H,2,12H2,1H3. The maximum Gasteiger partial charge on any atom is 0.142 e. The van der Waals surface area contributed by atoms with Crippen LogP contribution in [0.25, 0.3) is 6.08 Å². The number of anilines is 1. The second-order valence-corrected chi connectivity index (χ2v) is 2.81. The zero-order valence-electron chi connectivity index (χ0n) is 7.66. The topological polar surface area (TPSA) is 43.1 Å².